The monoisotopic (exact) mass is 430 g/mol. The molecule has 0 aliphatic carbocycles. The third kappa shape index (κ3) is 5.42. The van der Waals surface area contributed by atoms with Crippen molar-refractivity contribution in [2.75, 3.05) is 20.6 Å². The maximum absolute atomic E-state index is 13.0. The Morgan fingerprint density at radius 3 is 2.38 bits per heavy atom. The number of hydrogen-bond acceptors (Lipinski definition) is 3. The minimum atomic E-state index is -0.304. The van der Waals surface area contributed by atoms with E-state index < -0.39 is 0 Å². The van der Waals surface area contributed by atoms with E-state index in [1.54, 1.807) is 36.4 Å². The SMILES string of the molecule is CN(C)CCCn1ccc2cc(Oc3ccc(C(=O)Cc4ccc(F)cc4)cc3)ccc21. The van der Waals surface area contributed by atoms with Crippen LogP contribution in [0, 0.1) is 5.82 Å². The van der Waals surface area contributed by atoms with Crippen molar-refractivity contribution in [2.24, 2.45) is 0 Å². The molecule has 0 aliphatic heterocycles. The molecule has 5 heteroatoms. The second-order valence-electron chi connectivity index (χ2n) is 8.24. The van der Waals surface area contributed by atoms with Gasteiger partial charge in [0.15, 0.2) is 5.78 Å². The van der Waals surface area contributed by atoms with Crippen LogP contribution in [0.25, 0.3) is 10.9 Å². The van der Waals surface area contributed by atoms with E-state index in [0.717, 1.165) is 36.2 Å². The van der Waals surface area contributed by atoms with Gasteiger partial charge >= 0.3 is 0 Å². The summed E-state index contributed by atoms with van der Waals surface area (Å²) >= 11 is 0. The topological polar surface area (TPSA) is 34.5 Å². The van der Waals surface area contributed by atoms with Gasteiger partial charge in [-0.15, -0.1) is 0 Å². The number of aromatic nitrogens is 1. The Morgan fingerprint density at radius 2 is 1.66 bits per heavy atom. The zero-order valence-corrected chi connectivity index (χ0v) is 18.4. The number of carbonyl (C=O) groups is 1. The van der Waals surface area contributed by atoms with E-state index in [4.69, 9.17) is 4.74 Å². The largest absolute Gasteiger partial charge is 0.457 e. The van der Waals surface area contributed by atoms with Crippen molar-refractivity contribution in [3.63, 3.8) is 0 Å². The summed E-state index contributed by atoms with van der Waals surface area (Å²) in [7, 11) is 4.18. The number of rotatable bonds is 9. The lowest BCUT2D eigenvalue weighted by molar-refractivity contribution is 0.0993. The lowest BCUT2D eigenvalue weighted by Crippen LogP contribution is -2.14. The molecule has 4 rings (SSSR count). The molecule has 0 N–H and O–H groups in total. The number of hydrogen-bond donors (Lipinski definition) is 0. The lowest BCUT2D eigenvalue weighted by Gasteiger charge is -2.11. The molecule has 164 valence electrons. The van der Waals surface area contributed by atoms with Crippen LogP contribution in [0.3, 0.4) is 0 Å². The molecule has 3 aromatic carbocycles. The van der Waals surface area contributed by atoms with Gasteiger partial charge in [-0.25, -0.2) is 4.39 Å². The number of nitrogens with zero attached hydrogens (tertiary/aromatic N) is 2. The first-order valence-electron chi connectivity index (χ1n) is 10.8. The normalized spacial score (nSPS) is 11.2. The molecule has 32 heavy (non-hydrogen) atoms. The highest BCUT2D eigenvalue weighted by atomic mass is 19.1. The Kier molecular flexibility index (Phi) is 6.66. The summed E-state index contributed by atoms with van der Waals surface area (Å²) < 4.78 is 21.3. The number of Topliss-reactive ketones (excluding diaryl/α,β-unsaturated/α-hetero) is 1. The molecule has 0 spiro atoms. The van der Waals surface area contributed by atoms with E-state index >= 15 is 0 Å². The van der Waals surface area contributed by atoms with Gasteiger partial charge < -0.3 is 14.2 Å². The highest BCUT2D eigenvalue weighted by Crippen LogP contribution is 2.27. The fourth-order valence-corrected chi connectivity index (χ4v) is 3.73. The molecule has 0 saturated carbocycles. The first kappa shape index (κ1) is 21.8. The second kappa shape index (κ2) is 9.79. The van der Waals surface area contributed by atoms with Crippen molar-refractivity contribution in [1.82, 2.24) is 9.47 Å². The van der Waals surface area contributed by atoms with Crippen molar-refractivity contribution >= 4 is 16.7 Å². The number of benzene rings is 3. The standard InChI is InChI=1S/C27H27FN2O2/c1-29(2)15-3-16-30-17-14-22-19-25(12-13-26(22)30)32-24-10-6-21(7-11-24)27(31)18-20-4-8-23(28)9-5-20/h4-14,17,19H,3,15-16,18H2,1-2H3. The van der Waals surface area contributed by atoms with Crippen LogP contribution in [0.4, 0.5) is 4.39 Å². The zero-order valence-electron chi connectivity index (χ0n) is 18.4. The molecule has 0 aliphatic rings. The van der Waals surface area contributed by atoms with Gasteiger partial charge in [-0.05, 0) is 93.3 Å². The summed E-state index contributed by atoms with van der Waals surface area (Å²) in [6.45, 7) is 2.04. The van der Waals surface area contributed by atoms with E-state index in [0.29, 0.717) is 11.3 Å². The maximum Gasteiger partial charge on any atom is 0.167 e. The number of ether oxygens (including phenoxy) is 1. The van der Waals surface area contributed by atoms with Gasteiger partial charge in [0, 0.05) is 35.6 Å². The zero-order chi connectivity index (χ0) is 22.5. The highest BCUT2D eigenvalue weighted by molar-refractivity contribution is 5.97. The third-order valence-electron chi connectivity index (χ3n) is 5.44. The molecule has 4 nitrogen and oxygen atoms in total. The number of fused-ring (bicyclic) bond motifs is 1. The summed E-state index contributed by atoms with van der Waals surface area (Å²) in [5.74, 6) is 1.11. The summed E-state index contributed by atoms with van der Waals surface area (Å²) in [6, 6.07) is 21.3. The maximum atomic E-state index is 13.0. The second-order valence-corrected chi connectivity index (χ2v) is 8.24. The number of halogens is 1. The van der Waals surface area contributed by atoms with Crippen molar-refractivity contribution in [2.45, 2.75) is 19.4 Å². The van der Waals surface area contributed by atoms with E-state index in [9.17, 15) is 9.18 Å². The van der Waals surface area contributed by atoms with E-state index in [1.165, 1.54) is 17.6 Å². The van der Waals surface area contributed by atoms with Crippen molar-refractivity contribution in [3.05, 3.63) is 95.9 Å². The Bertz CT molecular complexity index is 1190. The molecule has 1 heterocycles. The quantitative estimate of drug-likeness (QED) is 0.308. The van der Waals surface area contributed by atoms with E-state index in [-0.39, 0.29) is 18.0 Å². The minimum absolute atomic E-state index is 0.0137. The molecular weight excluding hydrogens is 403 g/mol. The summed E-state index contributed by atoms with van der Waals surface area (Å²) in [4.78, 5) is 14.7. The smallest absolute Gasteiger partial charge is 0.167 e. The predicted octanol–water partition coefficient (Wildman–Crippen LogP) is 5.95. The van der Waals surface area contributed by atoms with Gasteiger partial charge in [-0.2, -0.15) is 0 Å². The fourth-order valence-electron chi connectivity index (χ4n) is 3.73. The molecule has 1 aromatic heterocycles. The average Bonchev–Trinajstić information content (AvgIpc) is 3.18. The van der Waals surface area contributed by atoms with Gasteiger partial charge in [-0.3, -0.25) is 4.79 Å². The molecule has 0 unspecified atom stereocenters. The Hall–Kier alpha value is -3.44. The number of ketones is 1. The van der Waals surface area contributed by atoms with Gasteiger partial charge in [0.05, 0.1) is 0 Å². The van der Waals surface area contributed by atoms with Crippen LogP contribution >= 0.6 is 0 Å². The molecule has 0 bridgehead atoms. The minimum Gasteiger partial charge on any atom is -0.457 e. The molecular formula is C27H27FN2O2. The Morgan fingerprint density at radius 1 is 0.938 bits per heavy atom. The first-order chi connectivity index (χ1) is 15.5. The summed E-state index contributed by atoms with van der Waals surface area (Å²) in [5, 5.41) is 1.14. The van der Waals surface area contributed by atoms with Crippen LogP contribution in [-0.4, -0.2) is 35.9 Å². The van der Waals surface area contributed by atoms with Crippen LogP contribution in [0.1, 0.15) is 22.3 Å². The highest BCUT2D eigenvalue weighted by Gasteiger charge is 2.09. The average molecular weight is 431 g/mol. The molecule has 0 saturated heterocycles. The van der Waals surface area contributed by atoms with E-state index in [2.05, 4.69) is 41.9 Å². The first-order valence-corrected chi connectivity index (χ1v) is 10.8. The molecule has 0 atom stereocenters. The van der Waals surface area contributed by atoms with Crippen molar-refractivity contribution in [1.29, 1.82) is 0 Å². The van der Waals surface area contributed by atoms with Crippen LogP contribution in [0.2, 0.25) is 0 Å². The Balaban J connectivity index is 1.39. The van der Waals surface area contributed by atoms with Gasteiger partial charge in [0.1, 0.15) is 17.3 Å². The Labute approximate surface area is 187 Å². The number of aryl methyl sites for hydroxylation is 1. The predicted molar refractivity (Wildman–Crippen MR) is 126 cm³/mol. The molecule has 0 amide bonds. The van der Waals surface area contributed by atoms with Crippen molar-refractivity contribution < 1.29 is 13.9 Å². The molecule has 0 fully saturated rings. The lowest BCUT2D eigenvalue weighted by atomic mass is 10.0. The van der Waals surface area contributed by atoms with Crippen LogP contribution in [-0.2, 0) is 13.0 Å². The van der Waals surface area contributed by atoms with Gasteiger partial charge in [-0.1, -0.05) is 12.1 Å². The van der Waals surface area contributed by atoms with Crippen LogP contribution in [0.5, 0.6) is 11.5 Å². The van der Waals surface area contributed by atoms with Crippen molar-refractivity contribution in [3.8, 4) is 11.5 Å². The van der Waals surface area contributed by atoms with Gasteiger partial charge in [0.25, 0.3) is 0 Å². The summed E-state index contributed by atoms with van der Waals surface area (Å²) in [5.41, 5.74) is 2.59. The fraction of sp³-hybridized carbons (Fsp3) is 0.222. The molecule has 4 aromatic rings. The third-order valence-corrected chi connectivity index (χ3v) is 5.44. The van der Waals surface area contributed by atoms with Crippen LogP contribution < -0.4 is 4.74 Å². The number of carbonyl (C=O) groups excluding carboxylic acids is 1. The van der Waals surface area contributed by atoms with Gasteiger partial charge in [0.2, 0.25) is 0 Å². The molecule has 0 radical (unpaired) electrons. The summed E-state index contributed by atoms with van der Waals surface area (Å²) in [6.07, 6.45) is 3.45. The van der Waals surface area contributed by atoms with Crippen LogP contribution in [0.15, 0.2) is 79.0 Å². The van der Waals surface area contributed by atoms with E-state index in [1.807, 2.05) is 12.1 Å².